The summed E-state index contributed by atoms with van der Waals surface area (Å²) in [6, 6.07) is 1.22. The molecular formula is C18H28BF3KN3O2. The number of nitrogens with zero attached hydrogens (tertiary/aromatic N) is 2. The fourth-order valence-corrected chi connectivity index (χ4v) is 3.17. The molecule has 0 atom stereocenters. The molecule has 152 valence electrons. The van der Waals surface area contributed by atoms with Crippen LogP contribution in [0.15, 0.2) is 6.07 Å². The first-order valence-corrected chi connectivity index (χ1v) is 9.08. The molecule has 1 heterocycles. The van der Waals surface area contributed by atoms with E-state index in [1.54, 1.807) is 11.8 Å². The number of piperazine rings is 1. The zero-order valence-corrected chi connectivity index (χ0v) is 20.7. The van der Waals surface area contributed by atoms with Gasteiger partial charge in [-0.05, 0) is 45.7 Å². The minimum absolute atomic E-state index is 0. The van der Waals surface area contributed by atoms with Crippen molar-refractivity contribution in [2.24, 2.45) is 0 Å². The largest absolute Gasteiger partial charge is 1.00 e. The van der Waals surface area contributed by atoms with E-state index in [2.05, 4.69) is 0 Å². The molecule has 1 fully saturated rings. The number of benzene rings is 1. The van der Waals surface area contributed by atoms with E-state index in [1.807, 2.05) is 25.7 Å². The van der Waals surface area contributed by atoms with Gasteiger partial charge in [0.1, 0.15) is 5.60 Å². The Morgan fingerprint density at radius 2 is 1.68 bits per heavy atom. The Bertz CT molecular complexity index is 715. The molecular weight excluding hydrogens is 397 g/mol. The molecule has 0 spiro atoms. The van der Waals surface area contributed by atoms with E-state index in [-0.39, 0.29) is 68.7 Å². The first-order chi connectivity index (χ1) is 12.3. The average Bonchev–Trinajstić information content (AvgIpc) is 2.53. The molecule has 2 N–H and O–H groups in total. The summed E-state index contributed by atoms with van der Waals surface area (Å²) in [5, 5.41) is 0. The van der Waals surface area contributed by atoms with Crippen molar-refractivity contribution < 1.29 is 73.9 Å². The summed E-state index contributed by atoms with van der Waals surface area (Å²) in [4.78, 5) is 15.8. The summed E-state index contributed by atoms with van der Waals surface area (Å²) in [5.41, 5.74) is 6.31. The van der Waals surface area contributed by atoms with Gasteiger partial charge in [-0.3, -0.25) is 4.90 Å². The number of rotatable bonds is 3. The number of anilines is 1. The van der Waals surface area contributed by atoms with Crippen LogP contribution in [0.2, 0.25) is 0 Å². The summed E-state index contributed by atoms with van der Waals surface area (Å²) < 4.78 is 45.3. The maximum absolute atomic E-state index is 13.3. The fraction of sp³-hybridized carbons (Fsp3) is 0.611. The normalized spacial score (nSPS) is 15.9. The van der Waals surface area contributed by atoms with E-state index >= 15 is 0 Å². The maximum atomic E-state index is 13.3. The Balaban J connectivity index is 0.00000392. The maximum Gasteiger partial charge on any atom is 1.00 e. The zero-order chi connectivity index (χ0) is 20.6. The van der Waals surface area contributed by atoms with Crippen molar-refractivity contribution in [3.05, 3.63) is 22.8 Å². The van der Waals surface area contributed by atoms with Gasteiger partial charge in [0, 0.05) is 38.4 Å². The Labute approximate surface area is 207 Å². The molecule has 1 aliphatic rings. The van der Waals surface area contributed by atoms with Gasteiger partial charge in [0.15, 0.2) is 0 Å². The topological polar surface area (TPSA) is 58.8 Å². The quantitative estimate of drug-likeness (QED) is 0.547. The smallest absolute Gasteiger partial charge is 0.445 e. The number of carbonyl (C=O) groups is 1. The van der Waals surface area contributed by atoms with Crippen molar-refractivity contribution in [1.29, 1.82) is 0 Å². The third-order valence-electron chi connectivity index (χ3n) is 4.82. The standard InChI is InChI=1S/C18H28BF3N3O2.K/c1-12-14(10-15(19(20,21)22)13(2)16(12)23)11-24-6-8-25(9-7-24)17(26)27-18(3,4)5;/h10H,6-9,11,23H2,1-5H3;/q-1;+1. The van der Waals surface area contributed by atoms with Crippen molar-refractivity contribution in [1.82, 2.24) is 9.80 Å². The van der Waals surface area contributed by atoms with Crippen molar-refractivity contribution in [3.8, 4) is 0 Å². The molecule has 0 aliphatic carbocycles. The Morgan fingerprint density at radius 3 is 2.14 bits per heavy atom. The number of hydrogen-bond donors (Lipinski definition) is 1. The molecule has 2 rings (SSSR count). The molecule has 1 aliphatic heterocycles. The molecule has 1 saturated heterocycles. The zero-order valence-electron chi connectivity index (χ0n) is 17.6. The summed E-state index contributed by atoms with van der Waals surface area (Å²) in [5.74, 6) is 0. The van der Waals surface area contributed by atoms with E-state index in [9.17, 15) is 17.7 Å². The monoisotopic (exact) mass is 425 g/mol. The van der Waals surface area contributed by atoms with Gasteiger partial charge < -0.3 is 28.3 Å². The second kappa shape index (κ2) is 9.70. The number of amides is 1. The van der Waals surface area contributed by atoms with E-state index in [4.69, 9.17) is 10.5 Å². The number of halogens is 3. The third kappa shape index (κ3) is 6.63. The number of nitrogen functional groups attached to an aromatic ring is 1. The van der Waals surface area contributed by atoms with E-state index in [0.29, 0.717) is 43.9 Å². The summed E-state index contributed by atoms with van der Waals surface area (Å²) in [6.07, 6.45) is -0.361. The molecule has 1 aromatic carbocycles. The Kier molecular flexibility index (Phi) is 8.93. The van der Waals surface area contributed by atoms with Crippen LogP contribution in [-0.2, 0) is 11.3 Å². The predicted octanol–water partition coefficient (Wildman–Crippen LogP) is -0.00326. The number of nitrogens with two attached hydrogens (primary N) is 1. The molecule has 10 heteroatoms. The van der Waals surface area contributed by atoms with Gasteiger partial charge in [0.05, 0.1) is 0 Å². The van der Waals surface area contributed by atoms with E-state index in [0.717, 1.165) is 0 Å². The molecule has 0 saturated carbocycles. The molecule has 0 aromatic heterocycles. The van der Waals surface area contributed by atoms with Crippen molar-refractivity contribution in [3.63, 3.8) is 0 Å². The summed E-state index contributed by atoms with van der Waals surface area (Å²) in [6.45, 7) is 5.95. The SMILES string of the molecule is Cc1c(CN2CCN(C(=O)OC(C)(C)C)CC2)cc([B-](F)(F)F)c(C)c1N.[K+]. The third-order valence-corrected chi connectivity index (χ3v) is 4.82. The van der Waals surface area contributed by atoms with Gasteiger partial charge in [0.2, 0.25) is 0 Å². The summed E-state index contributed by atoms with van der Waals surface area (Å²) >= 11 is 0. The fourth-order valence-electron chi connectivity index (χ4n) is 3.17. The van der Waals surface area contributed by atoms with Gasteiger partial charge in [-0.25, -0.2) is 4.79 Å². The molecule has 5 nitrogen and oxygen atoms in total. The molecule has 0 bridgehead atoms. The van der Waals surface area contributed by atoms with Crippen LogP contribution >= 0.6 is 0 Å². The Hall–Kier alpha value is -0.259. The Morgan fingerprint density at radius 1 is 1.14 bits per heavy atom. The van der Waals surface area contributed by atoms with Crippen LogP contribution in [0.3, 0.4) is 0 Å². The van der Waals surface area contributed by atoms with Crippen LogP contribution in [0, 0.1) is 13.8 Å². The second-order valence-electron chi connectivity index (χ2n) is 8.11. The first-order valence-electron chi connectivity index (χ1n) is 9.08. The van der Waals surface area contributed by atoms with Crippen LogP contribution in [-0.4, -0.2) is 54.7 Å². The van der Waals surface area contributed by atoms with Gasteiger partial charge in [0.25, 0.3) is 0 Å². The van der Waals surface area contributed by atoms with Gasteiger partial charge in [-0.2, -0.15) is 0 Å². The molecule has 1 amide bonds. The minimum Gasteiger partial charge on any atom is -0.445 e. The van der Waals surface area contributed by atoms with Crippen LogP contribution in [0.25, 0.3) is 0 Å². The van der Waals surface area contributed by atoms with Crippen molar-refractivity contribution >= 4 is 24.2 Å². The summed E-state index contributed by atoms with van der Waals surface area (Å²) in [7, 11) is 0. The van der Waals surface area contributed by atoms with Gasteiger partial charge in [-0.1, -0.05) is 11.6 Å². The van der Waals surface area contributed by atoms with Crippen molar-refractivity contribution in [2.75, 3.05) is 31.9 Å². The first kappa shape index (κ1) is 25.8. The van der Waals surface area contributed by atoms with Crippen LogP contribution in [0.1, 0.15) is 37.5 Å². The number of ether oxygens (including phenoxy) is 1. The van der Waals surface area contributed by atoms with E-state index < -0.39 is 18.0 Å². The average molecular weight is 425 g/mol. The van der Waals surface area contributed by atoms with E-state index in [1.165, 1.54) is 13.0 Å². The van der Waals surface area contributed by atoms with Crippen molar-refractivity contribution in [2.45, 2.75) is 46.8 Å². The molecule has 0 unspecified atom stereocenters. The van der Waals surface area contributed by atoms with Crippen LogP contribution in [0.4, 0.5) is 23.4 Å². The molecule has 1 aromatic rings. The van der Waals surface area contributed by atoms with Crippen LogP contribution in [0.5, 0.6) is 0 Å². The number of carbonyl (C=O) groups excluding carboxylic acids is 1. The predicted molar refractivity (Wildman–Crippen MR) is 102 cm³/mol. The molecule has 0 radical (unpaired) electrons. The number of hydrogen-bond acceptors (Lipinski definition) is 4. The van der Waals surface area contributed by atoms with Gasteiger partial charge >= 0.3 is 64.5 Å². The molecule has 28 heavy (non-hydrogen) atoms. The van der Waals surface area contributed by atoms with Crippen LogP contribution < -0.4 is 62.6 Å². The second-order valence-corrected chi connectivity index (χ2v) is 8.11. The minimum atomic E-state index is -5.11. The van der Waals surface area contributed by atoms with Gasteiger partial charge in [-0.15, -0.1) is 5.46 Å².